The van der Waals surface area contributed by atoms with E-state index < -0.39 is 65.4 Å². The molecular formula is C45H67N5O10. The van der Waals surface area contributed by atoms with Gasteiger partial charge in [0.15, 0.2) is 0 Å². The van der Waals surface area contributed by atoms with E-state index in [1.54, 1.807) is 41.5 Å². The fraction of sp³-hybridized carbons (Fsp3) is 0.600. The normalized spacial score (nSPS) is 13.7. The molecule has 3 rings (SSSR count). The van der Waals surface area contributed by atoms with Gasteiger partial charge in [-0.15, -0.1) is 0 Å². The summed E-state index contributed by atoms with van der Waals surface area (Å²) in [6, 6.07) is 12.8. The van der Waals surface area contributed by atoms with Crippen LogP contribution in [0.1, 0.15) is 130 Å². The van der Waals surface area contributed by atoms with Gasteiger partial charge in [-0.25, -0.2) is 19.2 Å². The van der Waals surface area contributed by atoms with Crippen molar-refractivity contribution in [3.05, 3.63) is 59.7 Å². The zero-order valence-electron chi connectivity index (χ0n) is 36.7. The molecule has 0 saturated heterocycles. The van der Waals surface area contributed by atoms with Gasteiger partial charge in [-0.2, -0.15) is 0 Å². The molecule has 15 heteroatoms. The molecule has 2 aromatic rings. The number of unbranched alkanes of at least 4 members (excludes halogenated alkanes) is 4. The smallest absolute Gasteiger partial charge is 0.407 e. The molecule has 5 amide bonds. The Morgan fingerprint density at radius 2 is 1.02 bits per heavy atom. The highest BCUT2D eigenvalue weighted by Crippen LogP contribution is 2.44. The highest BCUT2D eigenvalue weighted by atomic mass is 16.6. The minimum absolute atomic E-state index is 0.0311. The lowest BCUT2D eigenvalue weighted by Gasteiger charge is -2.25. The second-order valence-corrected chi connectivity index (χ2v) is 17.0. The molecular weight excluding hydrogens is 771 g/mol. The summed E-state index contributed by atoms with van der Waals surface area (Å²) in [7, 11) is 1.25. The molecule has 3 unspecified atom stereocenters. The van der Waals surface area contributed by atoms with Crippen molar-refractivity contribution in [3.63, 3.8) is 0 Å². The van der Waals surface area contributed by atoms with Crippen LogP contribution in [0.2, 0.25) is 0 Å². The lowest BCUT2D eigenvalue weighted by molar-refractivity contribution is -0.145. The monoisotopic (exact) mass is 837 g/mol. The van der Waals surface area contributed by atoms with E-state index in [2.05, 4.69) is 26.6 Å². The number of benzene rings is 2. The van der Waals surface area contributed by atoms with Gasteiger partial charge in [-0.3, -0.25) is 9.59 Å². The molecule has 0 radical (unpaired) electrons. The van der Waals surface area contributed by atoms with E-state index in [-0.39, 0.29) is 38.5 Å². The van der Waals surface area contributed by atoms with Crippen LogP contribution in [-0.2, 0) is 33.3 Å². The number of methoxy groups -OCH3 is 1. The minimum Gasteiger partial charge on any atom is -0.467 e. The van der Waals surface area contributed by atoms with Gasteiger partial charge in [0.1, 0.15) is 35.9 Å². The zero-order valence-corrected chi connectivity index (χ0v) is 36.7. The third kappa shape index (κ3) is 17.1. The van der Waals surface area contributed by atoms with Gasteiger partial charge in [-0.05, 0) is 109 Å². The number of amides is 5. The number of hydrogen-bond donors (Lipinski definition) is 5. The quantitative estimate of drug-likeness (QED) is 0.0467. The van der Waals surface area contributed by atoms with E-state index in [0.717, 1.165) is 35.1 Å². The summed E-state index contributed by atoms with van der Waals surface area (Å²) in [6.07, 6.45) is 2.91. The molecule has 0 bridgehead atoms. The summed E-state index contributed by atoms with van der Waals surface area (Å²) in [4.78, 5) is 78.4. The Balaban J connectivity index is 1.76. The summed E-state index contributed by atoms with van der Waals surface area (Å²) >= 11 is 0. The molecule has 0 aromatic heterocycles. The van der Waals surface area contributed by atoms with E-state index in [1.165, 1.54) is 7.11 Å². The van der Waals surface area contributed by atoms with E-state index in [0.29, 0.717) is 38.5 Å². The number of hydrogen-bond acceptors (Lipinski definition) is 10. The molecule has 0 fully saturated rings. The first-order valence-electron chi connectivity index (χ1n) is 21.2. The maximum absolute atomic E-state index is 14.1. The third-order valence-electron chi connectivity index (χ3n) is 9.66. The number of alkyl carbamates (subject to hydrolysis) is 3. The average Bonchev–Trinajstić information content (AvgIpc) is 3.50. The SMILES string of the molecule is CCCCCC(NC(=O)C(CCCCNC(=O)OC(C)(C)C)NC(=O)C(CCCCNC(=O)OC(C)(C)C)NC(=O)OCC1c2ccccc2-c2ccccc21)C(=O)OC. The highest BCUT2D eigenvalue weighted by Gasteiger charge is 2.32. The Labute approximate surface area is 355 Å². The first kappa shape index (κ1) is 49.0. The second kappa shape index (κ2) is 24.0. The molecule has 0 spiro atoms. The van der Waals surface area contributed by atoms with Crippen LogP contribution in [0.5, 0.6) is 0 Å². The first-order chi connectivity index (χ1) is 28.4. The Kier molecular flexibility index (Phi) is 19.7. The molecule has 0 aliphatic heterocycles. The van der Waals surface area contributed by atoms with Gasteiger partial charge < -0.3 is 45.5 Å². The highest BCUT2D eigenvalue weighted by molar-refractivity contribution is 5.93. The van der Waals surface area contributed by atoms with Crippen molar-refractivity contribution < 1.29 is 47.7 Å². The van der Waals surface area contributed by atoms with Crippen molar-refractivity contribution >= 4 is 36.1 Å². The maximum atomic E-state index is 14.1. The van der Waals surface area contributed by atoms with Crippen LogP contribution in [-0.4, -0.2) is 92.2 Å². The fourth-order valence-corrected chi connectivity index (χ4v) is 6.81. The molecule has 5 N–H and O–H groups in total. The van der Waals surface area contributed by atoms with Gasteiger partial charge >= 0.3 is 24.2 Å². The number of carbonyl (C=O) groups excluding carboxylic acids is 6. The molecule has 60 heavy (non-hydrogen) atoms. The van der Waals surface area contributed by atoms with Crippen LogP contribution in [0.15, 0.2) is 48.5 Å². The largest absolute Gasteiger partial charge is 0.467 e. The molecule has 2 aromatic carbocycles. The van der Waals surface area contributed by atoms with Crippen LogP contribution < -0.4 is 26.6 Å². The summed E-state index contributed by atoms with van der Waals surface area (Å²) in [6.45, 7) is 13.2. The Morgan fingerprint density at radius 3 is 1.48 bits per heavy atom. The van der Waals surface area contributed by atoms with Gasteiger partial charge in [0.2, 0.25) is 11.8 Å². The predicted molar refractivity (Wildman–Crippen MR) is 228 cm³/mol. The van der Waals surface area contributed by atoms with E-state index in [4.69, 9.17) is 18.9 Å². The van der Waals surface area contributed by atoms with Crippen LogP contribution in [0.4, 0.5) is 14.4 Å². The fourth-order valence-electron chi connectivity index (χ4n) is 6.81. The molecule has 1 aliphatic rings. The van der Waals surface area contributed by atoms with Gasteiger partial charge in [0.25, 0.3) is 0 Å². The maximum Gasteiger partial charge on any atom is 0.407 e. The van der Waals surface area contributed by atoms with Gasteiger partial charge in [-0.1, -0.05) is 74.7 Å². The molecule has 3 atom stereocenters. The van der Waals surface area contributed by atoms with Crippen molar-refractivity contribution in [2.45, 2.75) is 148 Å². The Bertz CT molecular complexity index is 1690. The summed E-state index contributed by atoms with van der Waals surface area (Å²) < 4.78 is 21.4. The van der Waals surface area contributed by atoms with Gasteiger partial charge in [0, 0.05) is 19.0 Å². The Hall–Kier alpha value is -5.34. The second-order valence-electron chi connectivity index (χ2n) is 17.0. The van der Waals surface area contributed by atoms with Crippen LogP contribution >= 0.6 is 0 Å². The van der Waals surface area contributed by atoms with Crippen LogP contribution in [0, 0.1) is 0 Å². The van der Waals surface area contributed by atoms with E-state index >= 15 is 0 Å². The number of esters is 1. The number of ether oxygens (including phenoxy) is 4. The van der Waals surface area contributed by atoms with Crippen molar-refractivity contribution in [1.29, 1.82) is 0 Å². The lowest BCUT2D eigenvalue weighted by Crippen LogP contribution is -2.56. The zero-order chi connectivity index (χ0) is 44.3. The standard InChI is InChI=1S/C45H67N5O10/c1-9-10-11-26-37(40(53)57-8)49-38(51)35(24-16-18-27-46-41(54)59-44(2,3)4)48-39(52)36(25-17-19-28-47-42(55)60-45(5,6)7)50-43(56)58-29-34-32-22-14-12-20-30(32)31-21-13-15-23-33(31)34/h12-15,20-23,34-37H,9-11,16-19,24-29H2,1-8H3,(H,46,54)(H,47,55)(H,48,52)(H,49,51)(H,50,56). The van der Waals surface area contributed by atoms with Crippen molar-refractivity contribution in [3.8, 4) is 11.1 Å². The number of rotatable bonds is 22. The van der Waals surface area contributed by atoms with E-state index in [1.807, 2.05) is 55.5 Å². The topological polar surface area (TPSA) is 199 Å². The summed E-state index contributed by atoms with van der Waals surface area (Å²) in [5, 5.41) is 13.7. The minimum atomic E-state index is -1.12. The molecule has 0 saturated carbocycles. The third-order valence-corrected chi connectivity index (χ3v) is 9.66. The predicted octanol–water partition coefficient (Wildman–Crippen LogP) is 7.01. The van der Waals surface area contributed by atoms with Crippen molar-refractivity contribution in [2.75, 3.05) is 26.8 Å². The van der Waals surface area contributed by atoms with Crippen LogP contribution in [0.3, 0.4) is 0 Å². The van der Waals surface area contributed by atoms with Crippen LogP contribution in [0.25, 0.3) is 11.1 Å². The molecule has 0 heterocycles. The number of nitrogens with one attached hydrogen (secondary N) is 5. The molecule has 1 aliphatic carbocycles. The van der Waals surface area contributed by atoms with Crippen molar-refractivity contribution in [1.82, 2.24) is 26.6 Å². The number of fused-ring (bicyclic) bond motifs is 3. The summed E-state index contributed by atoms with van der Waals surface area (Å²) in [5.74, 6) is -2.01. The van der Waals surface area contributed by atoms with Gasteiger partial charge in [0.05, 0.1) is 7.11 Å². The lowest BCUT2D eigenvalue weighted by atomic mass is 9.98. The Morgan fingerprint density at radius 1 is 0.583 bits per heavy atom. The van der Waals surface area contributed by atoms with Crippen molar-refractivity contribution in [2.24, 2.45) is 0 Å². The molecule has 332 valence electrons. The summed E-state index contributed by atoms with van der Waals surface area (Å²) in [5.41, 5.74) is 2.89. The molecule has 15 nitrogen and oxygen atoms in total. The average molecular weight is 838 g/mol. The first-order valence-corrected chi connectivity index (χ1v) is 21.2. The van der Waals surface area contributed by atoms with E-state index in [9.17, 15) is 28.8 Å². The number of carbonyl (C=O) groups is 6.